The predicted molar refractivity (Wildman–Crippen MR) is 102 cm³/mol. The number of fused-ring (bicyclic) bond motifs is 1. The lowest BCUT2D eigenvalue weighted by Gasteiger charge is -2.16. The fourth-order valence-corrected chi connectivity index (χ4v) is 2.84. The Morgan fingerprint density at radius 2 is 1.88 bits per heavy atom. The number of amides is 1. The summed E-state index contributed by atoms with van der Waals surface area (Å²) in [5.41, 5.74) is 1.06. The smallest absolute Gasteiger partial charge is 0.244 e. The van der Waals surface area contributed by atoms with Crippen LogP contribution >= 0.6 is 11.6 Å². The quantitative estimate of drug-likeness (QED) is 0.651. The van der Waals surface area contributed by atoms with Crippen LogP contribution in [0.3, 0.4) is 0 Å². The van der Waals surface area contributed by atoms with Gasteiger partial charge in [-0.15, -0.1) is 0 Å². The van der Waals surface area contributed by atoms with Crippen molar-refractivity contribution < 1.29 is 14.3 Å². The summed E-state index contributed by atoms with van der Waals surface area (Å²) in [5, 5.41) is 14.8. The number of aliphatic hydroxyl groups is 1. The molecular formula is C21H17ClFNO2. The number of aliphatic hydroxyl groups excluding tert-OH is 1. The van der Waals surface area contributed by atoms with Crippen LogP contribution in [0.15, 0.2) is 66.7 Å². The Balaban J connectivity index is 1.74. The van der Waals surface area contributed by atoms with Gasteiger partial charge >= 0.3 is 0 Å². The Bertz CT molecular complexity index is 971. The van der Waals surface area contributed by atoms with Crippen molar-refractivity contribution in [2.75, 3.05) is 6.61 Å². The Morgan fingerprint density at radius 1 is 1.12 bits per heavy atom. The summed E-state index contributed by atoms with van der Waals surface area (Å²) in [7, 11) is 0. The SMILES string of the molecule is O=C(/C=C/c1ccc(Cl)cc1F)N[C@@H](CO)c1ccc2ccccc2c1. The minimum atomic E-state index is -0.549. The first-order valence-electron chi connectivity index (χ1n) is 8.10. The molecule has 0 aromatic heterocycles. The molecule has 0 saturated heterocycles. The molecule has 0 fully saturated rings. The monoisotopic (exact) mass is 369 g/mol. The van der Waals surface area contributed by atoms with Gasteiger partial charge in [-0.3, -0.25) is 4.79 Å². The van der Waals surface area contributed by atoms with Crippen LogP contribution in [0, 0.1) is 5.82 Å². The van der Waals surface area contributed by atoms with Crippen LogP contribution in [0.1, 0.15) is 17.2 Å². The lowest BCUT2D eigenvalue weighted by molar-refractivity contribution is -0.117. The number of benzene rings is 3. The van der Waals surface area contributed by atoms with Crippen LogP contribution in [0.4, 0.5) is 4.39 Å². The largest absolute Gasteiger partial charge is 0.394 e. The molecule has 3 nitrogen and oxygen atoms in total. The zero-order chi connectivity index (χ0) is 18.5. The van der Waals surface area contributed by atoms with Gasteiger partial charge in [0.2, 0.25) is 5.91 Å². The van der Waals surface area contributed by atoms with Crippen LogP contribution in [0.25, 0.3) is 16.8 Å². The van der Waals surface area contributed by atoms with Gasteiger partial charge in [0.05, 0.1) is 12.6 Å². The van der Waals surface area contributed by atoms with E-state index in [0.29, 0.717) is 5.02 Å². The molecule has 1 amide bonds. The fourth-order valence-electron chi connectivity index (χ4n) is 2.68. The normalized spacial score (nSPS) is 12.4. The number of hydrogen-bond donors (Lipinski definition) is 2. The Hall–Kier alpha value is -2.69. The molecule has 26 heavy (non-hydrogen) atoms. The van der Waals surface area contributed by atoms with Gasteiger partial charge in [0, 0.05) is 16.7 Å². The molecule has 0 heterocycles. The summed E-state index contributed by atoms with van der Waals surface area (Å²) >= 11 is 5.71. The lowest BCUT2D eigenvalue weighted by Crippen LogP contribution is -2.29. The molecule has 0 radical (unpaired) electrons. The second kappa shape index (κ2) is 8.13. The van der Waals surface area contributed by atoms with Crippen molar-refractivity contribution in [2.24, 2.45) is 0 Å². The van der Waals surface area contributed by atoms with Crippen molar-refractivity contribution in [2.45, 2.75) is 6.04 Å². The summed E-state index contributed by atoms with van der Waals surface area (Å²) in [4.78, 5) is 12.1. The van der Waals surface area contributed by atoms with Crippen LogP contribution in [0.2, 0.25) is 5.02 Å². The van der Waals surface area contributed by atoms with Crippen LogP contribution < -0.4 is 5.32 Å². The van der Waals surface area contributed by atoms with Gasteiger partial charge < -0.3 is 10.4 Å². The number of nitrogens with one attached hydrogen (secondary N) is 1. The molecule has 0 aliphatic carbocycles. The van der Waals surface area contributed by atoms with Crippen molar-refractivity contribution in [3.8, 4) is 0 Å². The van der Waals surface area contributed by atoms with Gasteiger partial charge in [-0.1, -0.05) is 54.1 Å². The predicted octanol–water partition coefficient (Wildman–Crippen LogP) is 4.50. The highest BCUT2D eigenvalue weighted by molar-refractivity contribution is 6.30. The maximum Gasteiger partial charge on any atom is 0.244 e. The van der Waals surface area contributed by atoms with E-state index in [0.717, 1.165) is 16.3 Å². The number of rotatable bonds is 5. The third-order valence-corrected chi connectivity index (χ3v) is 4.29. The molecule has 0 unspecified atom stereocenters. The summed E-state index contributed by atoms with van der Waals surface area (Å²) in [6.07, 6.45) is 2.60. The van der Waals surface area contributed by atoms with Crippen molar-refractivity contribution in [3.63, 3.8) is 0 Å². The molecule has 0 aliphatic heterocycles. The first-order chi connectivity index (χ1) is 12.6. The van der Waals surface area contributed by atoms with Crippen molar-refractivity contribution in [3.05, 3.63) is 88.7 Å². The van der Waals surface area contributed by atoms with Gasteiger partial charge in [-0.25, -0.2) is 4.39 Å². The van der Waals surface area contributed by atoms with Crippen LogP contribution in [0.5, 0.6) is 0 Å². The van der Waals surface area contributed by atoms with Gasteiger partial charge in [-0.2, -0.15) is 0 Å². The summed E-state index contributed by atoms with van der Waals surface area (Å²) in [5.74, 6) is -0.929. The van der Waals surface area contributed by atoms with E-state index in [9.17, 15) is 14.3 Å². The molecule has 5 heteroatoms. The van der Waals surface area contributed by atoms with E-state index in [-0.39, 0.29) is 12.2 Å². The van der Waals surface area contributed by atoms with Gasteiger partial charge in [0.25, 0.3) is 0 Å². The lowest BCUT2D eigenvalue weighted by atomic mass is 10.0. The number of carbonyl (C=O) groups is 1. The summed E-state index contributed by atoms with van der Waals surface area (Å²) < 4.78 is 13.7. The van der Waals surface area contributed by atoms with E-state index in [1.165, 1.54) is 24.3 Å². The third-order valence-electron chi connectivity index (χ3n) is 4.05. The fraction of sp³-hybridized carbons (Fsp3) is 0.0952. The van der Waals surface area contributed by atoms with Gasteiger partial charge in [0.1, 0.15) is 5.82 Å². The minimum absolute atomic E-state index is 0.243. The molecule has 3 aromatic carbocycles. The highest BCUT2D eigenvalue weighted by atomic mass is 35.5. The third kappa shape index (κ3) is 4.28. The molecule has 0 aliphatic rings. The molecular weight excluding hydrogens is 353 g/mol. The molecule has 1 atom stereocenters. The average molecular weight is 370 g/mol. The highest BCUT2D eigenvalue weighted by Crippen LogP contribution is 2.20. The average Bonchev–Trinajstić information content (AvgIpc) is 2.65. The molecule has 3 aromatic rings. The standard InChI is InChI=1S/C21H17ClFNO2/c22-18-9-7-15(19(23)12-18)8-10-21(26)24-20(13-25)17-6-5-14-3-1-2-4-16(14)11-17/h1-12,20,25H,13H2,(H,24,26)/b10-8+/t20-/m0/s1. The van der Waals surface area contributed by atoms with E-state index in [1.54, 1.807) is 6.07 Å². The maximum absolute atomic E-state index is 13.7. The molecule has 132 valence electrons. The number of hydrogen-bond acceptors (Lipinski definition) is 2. The Morgan fingerprint density at radius 3 is 2.62 bits per heavy atom. The number of halogens is 2. The molecule has 0 spiro atoms. The van der Waals surface area contributed by atoms with Gasteiger partial charge in [0.15, 0.2) is 0 Å². The zero-order valence-corrected chi connectivity index (χ0v) is 14.6. The van der Waals surface area contributed by atoms with E-state index in [1.807, 2.05) is 42.5 Å². The number of carbonyl (C=O) groups excluding carboxylic acids is 1. The summed E-state index contributed by atoms with van der Waals surface area (Å²) in [6.45, 7) is -0.243. The summed E-state index contributed by atoms with van der Waals surface area (Å²) in [6, 6.07) is 17.3. The molecule has 2 N–H and O–H groups in total. The molecule has 0 bridgehead atoms. The zero-order valence-electron chi connectivity index (χ0n) is 13.8. The van der Waals surface area contributed by atoms with Crippen molar-refractivity contribution in [1.82, 2.24) is 5.32 Å². The van der Waals surface area contributed by atoms with Crippen LogP contribution in [-0.2, 0) is 4.79 Å². The van der Waals surface area contributed by atoms with Gasteiger partial charge in [-0.05, 0) is 40.6 Å². The minimum Gasteiger partial charge on any atom is -0.394 e. The highest BCUT2D eigenvalue weighted by Gasteiger charge is 2.13. The van der Waals surface area contributed by atoms with E-state index in [4.69, 9.17) is 11.6 Å². The Labute approximate surface area is 155 Å². The van der Waals surface area contributed by atoms with Crippen molar-refractivity contribution >= 4 is 34.4 Å². The second-order valence-corrected chi connectivity index (χ2v) is 6.29. The topological polar surface area (TPSA) is 49.3 Å². The second-order valence-electron chi connectivity index (χ2n) is 5.85. The Kier molecular flexibility index (Phi) is 5.66. The van der Waals surface area contributed by atoms with E-state index < -0.39 is 17.8 Å². The molecule has 3 rings (SSSR count). The first kappa shape index (κ1) is 18.1. The molecule has 0 saturated carbocycles. The van der Waals surface area contributed by atoms with Crippen LogP contribution in [-0.4, -0.2) is 17.6 Å². The first-order valence-corrected chi connectivity index (χ1v) is 8.48. The van der Waals surface area contributed by atoms with Crippen molar-refractivity contribution in [1.29, 1.82) is 0 Å². The maximum atomic E-state index is 13.7. The van der Waals surface area contributed by atoms with E-state index in [2.05, 4.69) is 5.32 Å². The van der Waals surface area contributed by atoms with E-state index >= 15 is 0 Å².